The summed E-state index contributed by atoms with van der Waals surface area (Å²) in [7, 11) is 0. The van der Waals surface area contributed by atoms with Crippen LogP contribution in [-0.4, -0.2) is 37.2 Å². The van der Waals surface area contributed by atoms with Gasteiger partial charge in [-0.1, -0.05) is 209 Å². The van der Waals surface area contributed by atoms with Crippen molar-refractivity contribution in [1.82, 2.24) is 0 Å². The third-order valence-electron chi connectivity index (χ3n) is 10.7. The molecule has 0 radical (unpaired) electrons. The molecule has 0 aromatic carbocycles. The average molecular weight is 851 g/mol. The van der Waals surface area contributed by atoms with Crippen molar-refractivity contribution < 1.29 is 28.6 Å². The van der Waals surface area contributed by atoms with Crippen molar-refractivity contribution in [2.45, 2.75) is 245 Å². The van der Waals surface area contributed by atoms with Gasteiger partial charge in [0.05, 0.1) is 0 Å². The Kier molecular flexibility index (Phi) is 46.9. The van der Waals surface area contributed by atoms with Crippen LogP contribution in [0.5, 0.6) is 0 Å². The highest BCUT2D eigenvalue weighted by Gasteiger charge is 2.19. The lowest BCUT2D eigenvalue weighted by molar-refractivity contribution is -0.167. The number of unbranched alkanes of at least 4 members (excludes halogenated alkanes) is 22. The number of ether oxygens (including phenoxy) is 3. The molecule has 0 saturated heterocycles. The highest BCUT2D eigenvalue weighted by atomic mass is 16.6. The second-order valence-corrected chi connectivity index (χ2v) is 16.7. The van der Waals surface area contributed by atoms with Crippen LogP contribution < -0.4 is 0 Å². The van der Waals surface area contributed by atoms with Gasteiger partial charge in [-0.15, -0.1) is 0 Å². The molecule has 0 bridgehead atoms. The Balaban J connectivity index is 4.35. The van der Waals surface area contributed by atoms with Gasteiger partial charge >= 0.3 is 17.9 Å². The monoisotopic (exact) mass is 851 g/mol. The molecule has 0 aliphatic carbocycles. The van der Waals surface area contributed by atoms with Crippen LogP contribution >= 0.6 is 0 Å². The third kappa shape index (κ3) is 47.7. The summed E-state index contributed by atoms with van der Waals surface area (Å²) in [5.74, 6) is -0.914. The molecule has 0 fully saturated rings. The van der Waals surface area contributed by atoms with E-state index in [1.807, 2.05) is 0 Å². The van der Waals surface area contributed by atoms with Crippen LogP contribution in [0.15, 0.2) is 72.9 Å². The topological polar surface area (TPSA) is 78.9 Å². The van der Waals surface area contributed by atoms with E-state index >= 15 is 0 Å². The standard InChI is InChI=1S/C55H94O6/c1-4-7-10-13-16-19-22-23-24-25-26-27-28-29-30-31-34-36-39-42-45-48-54(57)60-51-52(61-55(58)49-46-43-40-37-33-21-18-15-12-9-6-3)50-59-53(56)47-44-41-38-35-32-20-17-14-11-8-5-2/h7,10,15-16,18-19,23-24,26-27,29-30,52H,4-6,8-9,11-14,17,20-22,25,28,31-51H2,1-3H3/b10-7-,18-15-,19-16-,24-23-,27-26-,30-29-. The molecule has 1 unspecified atom stereocenters. The summed E-state index contributed by atoms with van der Waals surface area (Å²) in [6.07, 6.45) is 61.7. The third-order valence-corrected chi connectivity index (χ3v) is 10.7. The first-order valence-electron chi connectivity index (χ1n) is 25.4. The van der Waals surface area contributed by atoms with Crippen molar-refractivity contribution in [2.24, 2.45) is 0 Å². The number of carbonyl (C=O) groups is 3. The summed E-state index contributed by atoms with van der Waals surface area (Å²) in [6.45, 7) is 6.45. The van der Waals surface area contributed by atoms with Gasteiger partial charge < -0.3 is 14.2 Å². The molecule has 0 rings (SSSR count). The van der Waals surface area contributed by atoms with Gasteiger partial charge in [-0.05, 0) is 83.5 Å². The molecule has 0 aromatic rings. The molecule has 0 saturated carbocycles. The van der Waals surface area contributed by atoms with Crippen LogP contribution in [0.1, 0.15) is 239 Å². The molecule has 1 atom stereocenters. The van der Waals surface area contributed by atoms with Crippen molar-refractivity contribution in [3.63, 3.8) is 0 Å². The fraction of sp³-hybridized carbons (Fsp3) is 0.727. The molecule has 0 N–H and O–H groups in total. The van der Waals surface area contributed by atoms with Gasteiger partial charge in [0.1, 0.15) is 13.2 Å². The molecule has 0 aromatic heterocycles. The smallest absolute Gasteiger partial charge is 0.306 e. The van der Waals surface area contributed by atoms with E-state index in [1.54, 1.807) is 0 Å². The van der Waals surface area contributed by atoms with E-state index in [2.05, 4.69) is 93.7 Å². The SMILES string of the molecule is CC/C=C\C/C=C\C/C=C\C/C=C\C/C=C\CCCCCCCC(=O)OCC(COC(=O)CCCCCCCCCCCCC)OC(=O)CCCCCCC/C=C\CCCC. The Morgan fingerprint density at radius 2 is 0.656 bits per heavy atom. The molecule has 0 heterocycles. The Labute approximate surface area is 376 Å². The van der Waals surface area contributed by atoms with Crippen LogP contribution in [0.2, 0.25) is 0 Å². The summed E-state index contributed by atoms with van der Waals surface area (Å²) < 4.78 is 16.7. The number of hydrogen-bond acceptors (Lipinski definition) is 6. The number of esters is 3. The number of allylic oxidation sites excluding steroid dienone is 12. The minimum absolute atomic E-state index is 0.0838. The quantitative estimate of drug-likeness (QED) is 0.0263. The molecular formula is C55H94O6. The van der Waals surface area contributed by atoms with E-state index in [0.717, 1.165) is 122 Å². The van der Waals surface area contributed by atoms with E-state index < -0.39 is 6.10 Å². The van der Waals surface area contributed by atoms with Crippen molar-refractivity contribution in [3.05, 3.63) is 72.9 Å². The lowest BCUT2D eigenvalue weighted by Gasteiger charge is -2.18. The zero-order chi connectivity index (χ0) is 44.4. The highest BCUT2D eigenvalue weighted by molar-refractivity contribution is 5.71. The Bertz CT molecular complexity index is 1160. The van der Waals surface area contributed by atoms with Gasteiger partial charge in [0, 0.05) is 19.3 Å². The van der Waals surface area contributed by atoms with Crippen LogP contribution in [0.3, 0.4) is 0 Å². The lowest BCUT2D eigenvalue weighted by atomic mass is 10.1. The van der Waals surface area contributed by atoms with E-state index in [-0.39, 0.29) is 31.1 Å². The normalized spacial score (nSPS) is 12.6. The molecule has 0 aliphatic heterocycles. The van der Waals surface area contributed by atoms with E-state index in [4.69, 9.17) is 14.2 Å². The van der Waals surface area contributed by atoms with E-state index in [9.17, 15) is 14.4 Å². The summed E-state index contributed by atoms with van der Waals surface area (Å²) in [6, 6.07) is 0. The second-order valence-electron chi connectivity index (χ2n) is 16.7. The minimum atomic E-state index is -0.784. The van der Waals surface area contributed by atoms with Crippen molar-refractivity contribution >= 4 is 17.9 Å². The summed E-state index contributed by atoms with van der Waals surface area (Å²) in [5, 5.41) is 0. The first-order valence-corrected chi connectivity index (χ1v) is 25.4. The van der Waals surface area contributed by atoms with Gasteiger partial charge in [-0.25, -0.2) is 0 Å². The largest absolute Gasteiger partial charge is 0.462 e. The van der Waals surface area contributed by atoms with Gasteiger partial charge in [-0.2, -0.15) is 0 Å². The fourth-order valence-electron chi connectivity index (χ4n) is 6.86. The predicted molar refractivity (Wildman–Crippen MR) is 261 cm³/mol. The molecule has 0 spiro atoms. The number of carbonyl (C=O) groups excluding carboxylic acids is 3. The average Bonchev–Trinajstić information content (AvgIpc) is 3.26. The lowest BCUT2D eigenvalue weighted by Crippen LogP contribution is -2.30. The van der Waals surface area contributed by atoms with Crippen LogP contribution in [0, 0.1) is 0 Å². The van der Waals surface area contributed by atoms with E-state index in [1.165, 1.54) is 77.0 Å². The highest BCUT2D eigenvalue weighted by Crippen LogP contribution is 2.14. The second kappa shape index (κ2) is 49.5. The molecular weight excluding hydrogens is 757 g/mol. The first kappa shape index (κ1) is 57.9. The molecule has 61 heavy (non-hydrogen) atoms. The predicted octanol–water partition coefficient (Wildman–Crippen LogP) is 16.6. The van der Waals surface area contributed by atoms with Crippen molar-refractivity contribution in [1.29, 1.82) is 0 Å². The summed E-state index contributed by atoms with van der Waals surface area (Å²) >= 11 is 0. The van der Waals surface area contributed by atoms with E-state index in [0.29, 0.717) is 19.3 Å². The molecule has 6 heteroatoms. The molecule has 6 nitrogen and oxygen atoms in total. The Hall–Kier alpha value is -3.15. The zero-order valence-electron chi connectivity index (χ0n) is 39.9. The minimum Gasteiger partial charge on any atom is -0.462 e. The summed E-state index contributed by atoms with van der Waals surface area (Å²) in [4.78, 5) is 37.9. The van der Waals surface area contributed by atoms with Gasteiger partial charge in [0.25, 0.3) is 0 Å². The number of hydrogen-bond donors (Lipinski definition) is 0. The molecule has 350 valence electrons. The summed E-state index contributed by atoms with van der Waals surface area (Å²) in [5.41, 5.74) is 0. The van der Waals surface area contributed by atoms with Gasteiger partial charge in [-0.3, -0.25) is 14.4 Å². The van der Waals surface area contributed by atoms with Gasteiger partial charge in [0.15, 0.2) is 6.10 Å². The van der Waals surface area contributed by atoms with Crippen LogP contribution in [0.4, 0.5) is 0 Å². The maximum Gasteiger partial charge on any atom is 0.306 e. The Morgan fingerprint density at radius 1 is 0.344 bits per heavy atom. The molecule has 0 aliphatic rings. The zero-order valence-corrected chi connectivity index (χ0v) is 39.9. The first-order chi connectivity index (χ1) is 30.0. The fourth-order valence-corrected chi connectivity index (χ4v) is 6.86. The maximum atomic E-state index is 12.7. The van der Waals surface area contributed by atoms with Crippen LogP contribution in [-0.2, 0) is 28.6 Å². The Morgan fingerprint density at radius 3 is 1.07 bits per heavy atom. The number of rotatable bonds is 45. The van der Waals surface area contributed by atoms with Crippen molar-refractivity contribution in [2.75, 3.05) is 13.2 Å². The maximum absolute atomic E-state index is 12.7. The van der Waals surface area contributed by atoms with Crippen LogP contribution in [0.25, 0.3) is 0 Å². The molecule has 0 amide bonds. The van der Waals surface area contributed by atoms with Gasteiger partial charge in [0.2, 0.25) is 0 Å². The van der Waals surface area contributed by atoms with Crippen molar-refractivity contribution in [3.8, 4) is 0 Å².